The molecule has 0 radical (unpaired) electrons. The largest absolute Gasteiger partial charge is 0.381 e. The van der Waals surface area contributed by atoms with Crippen molar-refractivity contribution >= 4 is 11.6 Å². The lowest BCUT2D eigenvalue weighted by Crippen LogP contribution is -2.32. The lowest BCUT2D eigenvalue weighted by molar-refractivity contribution is 0.0675. The predicted octanol–water partition coefficient (Wildman–Crippen LogP) is 3.05. The van der Waals surface area contributed by atoms with E-state index in [0.29, 0.717) is 36.6 Å². The van der Waals surface area contributed by atoms with Gasteiger partial charge in [-0.05, 0) is 36.6 Å². The molecule has 0 atom stereocenters. The average Bonchev–Trinajstić information content (AvgIpc) is 2.33. The molecule has 0 spiro atoms. The predicted molar refractivity (Wildman–Crippen MR) is 58.8 cm³/mol. The Balaban J connectivity index is 2.47. The Morgan fingerprint density at radius 1 is 1.38 bits per heavy atom. The summed E-state index contributed by atoms with van der Waals surface area (Å²) in [6, 6.07) is 6.43. The van der Waals surface area contributed by atoms with Crippen molar-refractivity contribution in [2.45, 2.75) is 18.3 Å². The standard InChI is InChI=1S/C12H11ClFNO/c13-11-2-1-9(14)7-10(11)12(8-15)3-5-16-6-4-12/h1-2,7H,3-6H2. The second-order valence-electron chi connectivity index (χ2n) is 3.93. The first-order valence-electron chi connectivity index (χ1n) is 5.12. The zero-order chi connectivity index (χ0) is 11.6. The number of hydrogen-bond acceptors (Lipinski definition) is 2. The van der Waals surface area contributed by atoms with Crippen LogP contribution < -0.4 is 0 Å². The molecule has 0 unspecified atom stereocenters. The topological polar surface area (TPSA) is 33.0 Å². The minimum absolute atomic E-state index is 0.361. The van der Waals surface area contributed by atoms with Gasteiger partial charge in [0.25, 0.3) is 0 Å². The van der Waals surface area contributed by atoms with E-state index in [0.717, 1.165) is 0 Å². The van der Waals surface area contributed by atoms with E-state index in [1.807, 2.05) is 0 Å². The van der Waals surface area contributed by atoms with Crippen molar-refractivity contribution < 1.29 is 9.13 Å². The second kappa shape index (κ2) is 4.40. The Kier molecular flexibility index (Phi) is 3.13. The molecule has 1 aromatic rings. The second-order valence-corrected chi connectivity index (χ2v) is 4.34. The lowest BCUT2D eigenvalue weighted by Gasteiger charge is -2.31. The maximum atomic E-state index is 13.2. The molecule has 0 bridgehead atoms. The summed E-state index contributed by atoms with van der Waals surface area (Å²) in [5, 5.41) is 9.77. The lowest BCUT2D eigenvalue weighted by atomic mass is 9.75. The Morgan fingerprint density at radius 2 is 2.06 bits per heavy atom. The molecule has 2 rings (SSSR count). The summed E-state index contributed by atoms with van der Waals surface area (Å²) in [5.74, 6) is -0.361. The van der Waals surface area contributed by atoms with Crippen LogP contribution in [0.15, 0.2) is 18.2 Å². The molecule has 1 saturated heterocycles. The molecule has 84 valence electrons. The first-order valence-corrected chi connectivity index (χ1v) is 5.50. The normalized spacial score (nSPS) is 19.1. The number of nitriles is 1. The van der Waals surface area contributed by atoms with Crippen LogP contribution in [0.4, 0.5) is 4.39 Å². The molecule has 16 heavy (non-hydrogen) atoms. The van der Waals surface area contributed by atoms with Crippen LogP contribution in [0.5, 0.6) is 0 Å². The summed E-state index contributed by atoms with van der Waals surface area (Å²) in [6.45, 7) is 1.03. The first-order chi connectivity index (χ1) is 7.68. The van der Waals surface area contributed by atoms with Crippen LogP contribution in [0.1, 0.15) is 18.4 Å². The van der Waals surface area contributed by atoms with Gasteiger partial charge in [0, 0.05) is 18.2 Å². The van der Waals surface area contributed by atoms with E-state index in [1.54, 1.807) is 0 Å². The third-order valence-corrected chi connectivity index (χ3v) is 3.33. The van der Waals surface area contributed by atoms with Gasteiger partial charge in [-0.15, -0.1) is 0 Å². The summed E-state index contributed by atoms with van der Waals surface area (Å²) < 4.78 is 18.4. The van der Waals surface area contributed by atoms with Gasteiger partial charge < -0.3 is 4.74 Å². The number of benzene rings is 1. The monoisotopic (exact) mass is 239 g/mol. The quantitative estimate of drug-likeness (QED) is 0.755. The van der Waals surface area contributed by atoms with Gasteiger partial charge in [-0.1, -0.05) is 11.6 Å². The molecule has 4 heteroatoms. The van der Waals surface area contributed by atoms with Gasteiger partial charge in [0.15, 0.2) is 0 Å². The molecule has 1 aliphatic heterocycles. The number of ether oxygens (including phenoxy) is 1. The fraction of sp³-hybridized carbons (Fsp3) is 0.417. The van der Waals surface area contributed by atoms with Gasteiger partial charge >= 0.3 is 0 Å². The zero-order valence-electron chi connectivity index (χ0n) is 8.67. The summed E-state index contributed by atoms with van der Waals surface area (Å²) in [6.07, 6.45) is 1.12. The number of nitrogens with zero attached hydrogens (tertiary/aromatic N) is 1. The zero-order valence-corrected chi connectivity index (χ0v) is 9.43. The molecule has 0 aliphatic carbocycles. The Hall–Kier alpha value is -1.11. The number of rotatable bonds is 1. The van der Waals surface area contributed by atoms with E-state index in [4.69, 9.17) is 16.3 Å². The van der Waals surface area contributed by atoms with Crippen molar-refractivity contribution in [3.63, 3.8) is 0 Å². The van der Waals surface area contributed by atoms with Crippen LogP contribution in [0.2, 0.25) is 5.02 Å². The van der Waals surface area contributed by atoms with Gasteiger partial charge in [0.05, 0.1) is 11.5 Å². The number of hydrogen-bond donors (Lipinski definition) is 0. The van der Waals surface area contributed by atoms with Crippen molar-refractivity contribution in [2.75, 3.05) is 13.2 Å². The smallest absolute Gasteiger partial charge is 0.123 e. The van der Waals surface area contributed by atoms with Gasteiger partial charge in [-0.25, -0.2) is 4.39 Å². The van der Waals surface area contributed by atoms with E-state index >= 15 is 0 Å². The van der Waals surface area contributed by atoms with E-state index in [2.05, 4.69) is 6.07 Å². The van der Waals surface area contributed by atoms with E-state index < -0.39 is 5.41 Å². The molecule has 1 heterocycles. The van der Waals surface area contributed by atoms with Crippen LogP contribution in [0, 0.1) is 17.1 Å². The van der Waals surface area contributed by atoms with E-state index in [9.17, 15) is 9.65 Å². The fourth-order valence-corrected chi connectivity index (χ4v) is 2.32. The summed E-state index contributed by atoms with van der Waals surface area (Å²) in [7, 11) is 0. The molecule has 0 N–H and O–H groups in total. The summed E-state index contributed by atoms with van der Waals surface area (Å²) >= 11 is 6.04. The highest BCUT2D eigenvalue weighted by Gasteiger charge is 2.36. The average molecular weight is 240 g/mol. The molecule has 2 nitrogen and oxygen atoms in total. The van der Waals surface area contributed by atoms with Crippen LogP contribution in [0.25, 0.3) is 0 Å². The minimum atomic E-state index is -0.697. The van der Waals surface area contributed by atoms with Gasteiger partial charge in [0.1, 0.15) is 5.82 Å². The molecule has 0 amide bonds. The van der Waals surface area contributed by atoms with Crippen LogP contribution in [-0.2, 0) is 10.2 Å². The maximum Gasteiger partial charge on any atom is 0.123 e. The summed E-state index contributed by atoms with van der Waals surface area (Å²) in [4.78, 5) is 0. The summed E-state index contributed by atoms with van der Waals surface area (Å²) in [5.41, 5.74) is -0.114. The third kappa shape index (κ3) is 1.91. The van der Waals surface area contributed by atoms with Crippen LogP contribution in [-0.4, -0.2) is 13.2 Å². The molecule has 0 saturated carbocycles. The SMILES string of the molecule is N#CC1(c2cc(F)ccc2Cl)CCOCC1. The van der Waals surface area contributed by atoms with Crippen molar-refractivity contribution in [1.82, 2.24) is 0 Å². The van der Waals surface area contributed by atoms with E-state index in [-0.39, 0.29) is 5.82 Å². The van der Waals surface area contributed by atoms with Crippen molar-refractivity contribution in [3.05, 3.63) is 34.6 Å². The molecular formula is C12H11ClFNO. The van der Waals surface area contributed by atoms with Crippen LogP contribution >= 0.6 is 11.6 Å². The molecule has 1 fully saturated rings. The third-order valence-electron chi connectivity index (χ3n) is 3.00. The van der Waals surface area contributed by atoms with Gasteiger partial charge in [-0.3, -0.25) is 0 Å². The van der Waals surface area contributed by atoms with Crippen molar-refractivity contribution in [2.24, 2.45) is 0 Å². The molecule has 0 aromatic heterocycles. The Morgan fingerprint density at radius 3 is 2.69 bits per heavy atom. The van der Waals surface area contributed by atoms with Gasteiger partial charge in [0.2, 0.25) is 0 Å². The highest BCUT2D eigenvalue weighted by atomic mass is 35.5. The maximum absolute atomic E-state index is 13.2. The fourth-order valence-electron chi connectivity index (χ4n) is 2.03. The first kappa shape index (κ1) is 11.4. The highest BCUT2D eigenvalue weighted by molar-refractivity contribution is 6.31. The Labute approximate surface area is 98.6 Å². The highest BCUT2D eigenvalue weighted by Crippen LogP contribution is 2.38. The van der Waals surface area contributed by atoms with Gasteiger partial charge in [-0.2, -0.15) is 5.26 Å². The molecule has 1 aromatic carbocycles. The van der Waals surface area contributed by atoms with Crippen molar-refractivity contribution in [1.29, 1.82) is 5.26 Å². The van der Waals surface area contributed by atoms with Crippen LogP contribution in [0.3, 0.4) is 0 Å². The minimum Gasteiger partial charge on any atom is -0.381 e. The number of halogens is 2. The molecular weight excluding hydrogens is 229 g/mol. The van der Waals surface area contributed by atoms with Crippen molar-refractivity contribution in [3.8, 4) is 6.07 Å². The molecule has 1 aliphatic rings. The Bertz CT molecular complexity index is 435. The van der Waals surface area contributed by atoms with E-state index in [1.165, 1.54) is 18.2 Å².